The van der Waals surface area contributed by atoms with Crippen LogP contribution in [0.15, 0.2) is 42.5 Å². The Kier molecular flexibility index (Phi) is 4.66. The fourth-order valence-corrected chi connectivity index (χ4v) is 2.00. The fourth-order valence-electron chi connectivity index (χ4n) is 1.60. The van der Waals surface area contributed by atoms with Crippen LogP contribution in [0.25, 0.3) is 0 Å². The minimum Gasteiger partial charge on any atom is -0.331 e. The lowest BCUT2D eigenvalue weighted by molar-refractivity contribution is -0.384. The lowest BCUT2D eigenvalue weighted by Gasteiger charge is -2.11. The maximum Gasteiger partial charge on any atom is 0.295 e. The predicted octanol–water partition coefficient (Wildman–Crippen LogP) is 4.20. The van der Waals surface area contributed by atoms with E-state index in [1.54, 1.807) is 24.3 Å². The number of benzene rings is 2. The van der Waals surface area contributed by atoms with Gasteiger partial charge >= 0.3 is 0 Å². The Balaban J connectivity index is 2.17. The molecule has 0 aliphatic heterocycles. The molecule has 8 heteroatoms. The van der Waals surface area contributed by atoms with Crippen LogP contribution >= 0.6 is 23.8 Å². The Hall–Kier alpha value is -2.25. The summed E-state index contributed by atoms with van der Waals surface area (Å²) in [6.07, 6.45) is 0. The van der Waals surface area contributed by atoms with Gasteiger partial charge in [0.05, 0.1) is 21.7 Å². The van der Waals surface area contributed by atoms with Gasteiger partial charge in [0.1, 0.15) is 11.5 Å². The number of nitrogens with one attached hydrogen (secondary N) is 2. The van der Waals surface area contributed by atoms with Gasteiger partial charge in [-0.1, -0.05) is 23.7 Å². The van der Waals surface area contributed by atoms with E-state index in [0.29, 0.717) is 10.7 Å². The number of nitrogens with zero attached hydrogens (tertiary/aromatic N) is 1. The predicted molar refractivity (Wildman–Crippen MR) is 84.3 cm³/mol. The number of rotatable bonds is 3. The molecule has 0 aromatic heterocycles. The van der Waals surface area contributed by atoms with E-state index in [9.17, 15) is 14.5 Å². The highest BCUT2D eigenvalue weighted by Crippen LogP contribution is 2.26. The summed E-state index contributed by atoms with van der Waals surface area (Å²) in [5.41, 5.74) is 0.241. The van der Waals surface area contributed by atoms with Crippen molar-refractivity contribution in [1.82, 2.24) is 0 Å². The second-order valence-corrected chi connectivity index (χ2v) is 4.79. The molecule has 0 unspecified atom stereocenters. The summed E-state index contributed by atoms with van der Waals surface area (Å²) in [7, 11) is 0. The summed E-state index contributed by atoms with van der Waals surface area (Å²) in [5.74, 6) is -0.697. The van der Waals surface area contributed by atoms with Crippen molar-refractivity contribution in [2.45, 2.75) is 0 Å². The monoisotopic (exact) mass is 325 g/mol. The Labute approximate surface area is 129 Å². The van der Waals surface area contributed by atoms with Crippen LogP contribution in [0.1, 0.15) is 0 Å². The molecule has 0 saturated heterocycles. The summed E-state index contributed by atoms with van der Waals surface area (Å²) < 4.78 is 13.0. The van der Waals surface area contributed by atoms with Crippen molar-refractivity contribution < 1.29 is 9.31 Å². The molecule has 0 bridgehead atoms. The number of thiocarbonyl (C=S) groups is 1. The van der Waals surface area contributed by atoms with Crippen LogP contribution in [0.3, 0.4) is 0 Å². The van der Waals surface area contributed by atoms with Crippen molar-refractivity contribution >= 4 is 46.0 Å². The zero-order chi connectivity index (χ0) is 15.4. The molecule has 0 fully saturated rings. The lowest BCUT2D eigenvalue weighted by Crippen LogP contribution is -2.20. The molecule has 2 aromatic rings. The average Bonchev–Trinajstić information content (AvgIpc) is 2.43. The third-order valence-electron chi connectivity index (χ3n) is 2.53. The van der Waals surface area contributed by atoms with E-state index >= 15 is 0 Å². The molecule has 108 valence electrons. The summed E-state index contributed by atoms with van der Waals surface area (Å²) >= 11 is 11.0. The molecule has 0 spiro atoms. The minimum absolute atomic E-state index is 0.0888. The Morgan fingerprint density at radius 1 is 1.19 bits per heavy atom. The first kappa shape index (κ1) is 15.1. The molecular weight excluding hydrogens is 317 g/mol. The number of hydrogen-bond acceptors (Lipinski definition) is 3. The highest BCUT2D eigenvalue weighted by Gasteiger charge is 2.16. The quantitative estimate of drug-likeness (QED) is 0.503. The normalized spacial score (nSPS) is 10.0. The van der Waals surface area contributed by atoms with Gasteiger partial charge in [0.25, 0.3) is 5.69 Å². The molecule has 0 aliphatic carbocycles. The third-order valence-corrected chi connectivity index (χ3v) is 3.06. The van der Waals surface area contributed by atoms with Gasteiger partial charge in [0.15, 0.2) is 5.11 Å². The smallest absolute Gasteiger partial charge is 0.295 e. The summed E-state index contributed by atoms with van der Waals surface area (Å²) in [4.78, 5) is 10.2. The van der Waals surface area contributed by atoms with Crippen LogP contribution < -0.4 is 10.6 Å². The summed E-state index contributed by atoms with van der Waals surface area (Å²) in [5, 5.41) is 16.9. The maximum atomic E-state index is 13.0. The van der Waals surface area contributed by atoms with Crippen molar-refractivity contribution in [3.63, 3.8) is 0 Å². The molecule has 2 N–H and O–H groups in total. The van der Waals surface area contributed by atoms with E-state index in [4.69, 9.17) is 23.8 Å². The zero-order valence-electron chi connectivity index (χ0n) is 10.5. The third kappa shape index (κ3) is 3.87. The minimum atomic E-state index is -0.697. The molecule has 2 rings (SSSR count). The SMILES string of the molecule is O=[N+]([O-])c1cc(F)ccc1NC(=S)Nc1ccccc1Cl. The van der Waals surface area contributed by atoms with Gasteiger partial charge in [-0.3, -0.25) is 10.1 Å². The molecule has 0 radical (unpaired) electrons. The van der Waals surface area contributed by atoms with E-state index < -0.39 is 16.4 Å². The van der Waals surface area contributed by atoms with E-state index in [0.717, 1.165) is 12.1 Å². The van der Waals surface area contributed by atoms with Crippen molar-refractivity contribution in [3.05, 3.63) is 63.4 Å². The van der Waals surface area contributed by atoms with Crippen LogP contribution in [-0.2, 0) is 0 Å². The molecule has 2 aromatic carbocycles. The van der Waals surface area contributed by atoms with E-state index in [1.165, 1.54) is 6.07 Å². The topological polar surface area (TPSA) is 67.2 Å². The van der Waals surface area contributed by atoms with Gasteiger partial charge < -0.3 is 10.6 Å². The second-order valence-electron chi connectivity index (χ2n) is 3.98. The summed E-state index contributed by atoms with van der Waals surface area (Å²) in [6.45, 7) is 0. The van der Waals surface area contributed by atoms with Gasteiger partial charge in [-0.15, -0.1) is 0 Å². The fraction of sp³-hybridized carbons (Fsp3) is 0. The molecular formula is C13H9ClFN3O2S. The number of anilines is 2. The number of nitro groups is 1. The number of para-hydroxylation sites is 1. The van der Waals surface area contributed by atoms with Gasteiger partial charge in [-0.2, -0.15) is 0 Å². The lowest BCUT2D eigenvalue weighted by atomic mass is 10.2. The number of halogens is 2. The molecule has 21 heavy (non-hydrogen) atoms. The van der Waals surface area contributed by atoms with Crippen molar-refractivity contribution in [1.29, 1.82) is 0 Å². The van der Waals surface area contributed by atoms with Crippen molar-refractivity contribution in [3.8, 4) is 0 Å². The van der Waals surface area contributed by atoms with Crippen molar-refractivity contribution in [2.24, 2.45) is 0 Å². The van der Waals surface area contributed by atoms with Gasteiger partial charge in [0, 0.05) is 0 Å². The highest BCUT2D eigenvalue weighted by molar-refractivity contribution is 7.80. The molecule has 0 heterocycles. The first-order valence-corrected chi connectivity index (χ1v) is 6.52. The van der Waals surface area contributed by atoms with Crippen LogP contribution in [0.4, 0.5) is 21.5 Å². The van der Waals surface area contributed by atoms with Crippen molar-refractivity contribution in [2.75, 3.05) is 10.6 Å². The Bertz CT molecular complexity index is 712. The molecule has 5 nitrogen and oxygen atoms in total. The van der Waals surface area contributed by atoms with Gasteiger partial charge in [-0.05, 0) is 36.5 Å². The average molecular weight is 326 g/mol. The van der Waals surface area contributed by atoms with E-state index in [1.807, 2.05) is 0 Å². The van der Waals surface area contributed by atoms with Gasteiger partial charge in [-0.25, -0.2) is 4.39 Å². The largest absolute Gasteiger partial charge is 0.331 e. The maximum absolute atomic E-state index is 13.0. The second kappa shape index (κ2) is 6.47. The highest BCUT2D eigenvalue weighted by atomic mass is 35.5. The first-order chi connectivity index (χ1) is 9.97. The summed E-state index contributed by atoms with van der Waals surface area (Å²) in [6, 6.07) is 10.1. The number of nitro benzene ring substituents is 1. The van der Waals surface area contributed by atoms with Crippen LogP contribution in [0.5, 0.6) is 0 Å². The standard InChI is InChI=1S/C13H9ClFN3O2S/c14-9-3-1-2-4-10(9)16-13(21)17-11-6-5-8(15)7-12(11)18(19)20/h1-7H,(H2,16,17,21). The van der Waals surface area contributed by atoms with E-state index in [-0.39, 0.29) is 10.8 Å². The molecule has 0 amide bonds. The van der Waals surface area contributed by atoms with Gasteiger partial charge in [0.2, 0.25) is 0 Å². The number of hydrogen-bond donors (Lipinski definition) is 2. The first-order valence-electron chi connectivity index (χ1n) is 5.74. The zero-order valence-corrected chi connectivity index (χ0v) is 12.0. The Morgan fingerprint density at radius 3 is 2.52 bits per heavy atom. The molecule has 0 atom stereocenters. The Morgan fingerprint density at radius 2 is 1.86 bits per heavy atom. The van der Waals surface area contributed by atoms with E-state index in [2.05, 4.69) is 10.6 Å². The van der Waals surface area contributed by atoms with Crippen LogP contribution in [0.2, 0.25) is 5.02 Å². The molecule has 0 aliphatic rings. The molecule has 0 saturated carbocycles. The van der Waals surface area contributed by atoms with Crippen LogP contribution in [0, 0.1) is 15.9 Å². The van der Waals surface area contributed by atoms with Crippen LogP contribution in [-0.4, -0.2) is 10.0 Å².